The summed E-state index contributed by atoms with van der Waals surface area (Å²) in [7, 11) is 0. The van der Waals surface area contributed by atoms with Gasteiger partial charge in [0.2, 0.25) is 0 Å². The van der Waals surface area contributed by atoms with Crippen LogP contribution < -0.4 is 4.74 Å². The molecule has 0 aliphatic heterocycles. The van der Waals surface area contributed by atoms with Crippen molar-refractivity contribution >= 4 is 44.8 Å². The summed E-state index contributed by atoms with van der Waals surface area (Å²) in [6.45, 7) is 0.273. The molecule has 0 aliphatic rings. The van der Waals surface area contributed by atoms with E-state index in [2.05, 4.69) is 9.97 Å². The summed E-state index contributed by atoms with van der Waals surface area (Å²) in [5, 5.41) is 3.95. The highest BCUT2D eigenvalue weighted by molar-refractivity contribution is 7.16. The van der Waals surface area contributed by atoms with E-state index in [1.54, 1.807) is 24.3 Å². The Balaban J connectivity index is 1.79. The van der Waals surface area contributed by atoms with Crippen LogP contribution >= 0.6 is 34.5 Å². The molecule has 0 aliphatic carbocycles. The van der Waals surface area contributed by atoms with Crippen molar-refractivity contribution in [1.29, 1.82) is 0 Å². The summed E-state index contributed by atoms with van der Waals surface area (Å²) in [5.74, 6) is 1.28. The Kier molecular flexibility index (Phi) is 3.55. The molecule has 2 heterocycles. The first kappa shape index (κ1) is 12.7. The molecule has 0 bridgehead atoms. The molecule has 0 atom stereocenters. The quantitative estimate of drug-likeness (QED) is 0.664. The van der Waals surface area contributed by atoms with Crippen molar-refractivity contribution in [3.63, 3.8) is 0 Å². The lowest BCUT2D eigenvalue weighted by Crippen LogP contribution is -2.01. The van der Waals surface area contributed by atoms with E-state index in [0.717, 1.165) is 16.0 Å². The van der Waals surface area contributed by atoms with Crippen molar-refractivity contribution < 1.29 is 4.74 Å². The maximum atomic E-state index is 6.09. The smallest absolute Gasteiger partial charge is 0.169 e. The number of nitrogens with zero attached hydrogens (tertiary/aromatic N) is 2. The lowest BCUT2D eigenvalue weighted by molar-refractivity contribution is 0.296. The number of hydrogen-bond donors (Lipinski definition) is 0. The standard InChI is InChI=1S/C13H8Cl2N2OS/c14-8-1-3-9(4-2-8)18-7-11-16-12(15)10-5-6-19-13(10)17-11/h1-6H,7H2. The van der Waals surface area contributed by atoms with Crippen molar-refractivity contribution in [2.24, 2.45) is 0 Å². The predicted octanol–water partition coefficient (Wildman–Crippen LogP) is 4.58. The molecule has 0 saturated heterocycles. The highest BCUT2D eigenvalue weighted by Gasteiger charge is 2.07. The normalized spacial score (nSPS) is 10.8. The van der Waals surface area contributed by atoms with Gasteiger partial charge < -0.3 is 4.74 Å². The van der Waals surface area contributed by atoms with Crippen LogP contribution in [0.3, 0.4) is 0 Å². The molecule has 96 valence electrons. The number of ether oxygens (including phenoxy) is 1. The highest BCUT2D eigenvalue weighted by atomic mass is 35.5. The van der Waals surface area contributed by atoms with Gasteiger partial charge in [-0.05, 0) is 35.7 Å². The van der Waals surface area contributed by atoms with E-state index < -0.39 is 0 Å². The van der Waals surface area contributed by atoms with Gasteiger partial charge in [-0.15, -0.1) is 11.3 Å². The van der Waals surface area contributed by atoms with E-state index in [0.29, 0.717) is 16.0 Å². The summed E-state index contributed by atoms with van der Waals surface area (Å²) >= 11 is 13.4. The molecule has 3 nitrogen and oxygen atoms in total. The van der Waals surface area contributed by atoms with Crippen LogP contribution in [0.1, 0.15) is 5.82 Å². The molecule has 0 spiro atoms. The van der Waals surface area contributed by atoms with Gasteiger partial charge in [-0.2, -0.15) is 0 Å². The molecule has 0 N–H and O–H groups in total. The fourth-order valence-electron chi connectivity index (χ4n) is 1.60. The average Bonchev–Trinajstić information content (AvgIpc) is 2.87. The largest absolute Gasteiger partial charge is 0.486 e. The second-order valence-electron chi connectivity index (χ2n) is 3.81. The summed E-state index contributed by atoms with van der Waals surface area (Å²) in [5.41, 5.74) is 0. The van der Waals surface area contributed by atoms with E-state index >= 15 is 0 Å². The van der Waals surface area contributed by atoms with Crippen LogP contribution in [0.25, 0.3) is 10.2 Å². The van der Waals surface area contributed by atoms with E-state index in [9.17, 15) is 0 Å². The third-order valence-corrected chi connectivity index (χ3v) is 3.85. The summed E-state index contributed by atoms with van der Waals surface area (Å²) < 4.78 is 5.59. The van der Waals surface area contributed by atoms with Gasteiger partial charge in [0, 0.05) is 10.4 Å². The minimum atomic E-state index is 0.273. The van der Waals surface area contributed by atoms with Crippen LogP contribution in [0.4, 0.5) is 0 Å². The van der Waals surface area contributed by atoms with Crippen LogP contribution in [0.2, 0.25) is 10.2 Å². The van der Waals surface area contributed by atoms with Gasteiger partial charge in [0.15, 0.2) is 5.82 Å². The van der Waals surface area contributed by atoms with Gasteiger partial charge in [-0.3, -0.25) is 0 Å². The van der Waals surface area contributed by atoms with Crippen molar-refractivity contribution in [3.8, 4) is 5.75 Å². The molecule has 1 aromatic carbocycles. The van der Waals surface area contributed by atoms with Gasteiger partial charge >= 0.3 is 0 Å². The first-order valence-electron chi connectivity index (χ1n) is 5.50. The molecule has 0 unspecified atom stereocenters. The van der Waals surface area contributed by atoms with E-state index in [1.807, 2.05) is 11.4 Å². The monoisotopic (exact) mass is 310 g/mol. The summed E-state index contributed by atoms with van der Waals surface area (Å²) in [6.07, 6.45) is 0. The molecule has 3 rings (SSSR count). The number of aromatic nitrogens is 2. The Morgan fingerprint density at radius 3 is 2.63 bits per heavy atom. The van der Waals surface area contributed by atoms with Crippen LogP contribution in [0, 0.1) is 0 Å². The number of hydrogen-bond acceptors (Lipinski definition) is 4. The molecule has 0 amide bonds. The maximum Gasteiger partial charge on any atom is 0.169 e. The third kappa shape index (κ3) is 2.81. The number of fused-ring (bicyclic) bond motifs is 1. The Labute approximate surface area is 123 Å². The molecule has 3 aromatic rings. The molecular formula is C13H8Cl2N2OS. The maximum absolute atomic E-state index is 6.09. The van der Waals surface area contributed by atoms with Crippen LogP contribution in [0.5, 0.6) is 5.75 Å². The number of rotatable bonds is 3. The lowest BCUT2D eigenvalue weighted by atomic mass is 10.3. The minimum absolute atomic E-state index is 0.273. The number of halogens is 2. The van der Waals surface area contributed by atoms with E-state index in [1.165, 1.54) is 11.3 Å². The fraction of sp³-hybridized carbons (Fsp3) is 0.0769. The topological polar surface area (TPSA) is 35.0 Å². The Bertz CT molecular complexity index is 712. The van der Waals surface area contributed by atoms with Gasteiger partial charge in [0.05, 0.1) is 0 Å². The van der Waals surface area contributed by atoms with Gasteiger partial charge in [0.25, 0.3) is 0 Å². The zero-order valence-corrected chi connectivity index (χ0v) is 12.0. The van der Waals surface area contributed by atoms with E-state index in [-0.39, 0.29) is 6.61 Å². The Morgan fingerprint density at radius 2 is 1.84 bits per heavy atom. The van der Waals surface area contributed by atoms with Crippen molar-refractivity contribution in [3.05, 3.63) is 51.7 Å². The van der Waals surface area contributed by atoms with Crippen molar-refractivity contribution in [2.45, 2.75) is 6.61 Å². The van der Waals surface area contributed by atoms with Crippen LogP contribution in [-0.4, -0.2) is 9.97 Å². The molecule has 0 radical (unpaired) electrons. The Hall–Kier alpha value is -1.36. The van der Waals surface area contributed by atoms with Crippen molar-refractivity contribution in [1.82, 2.24) is 9.97 Å². The first-order chi connectivity index (χ1) is 9.22. The van der Waals surface area contributed by atoms with E-state index in [4.69, 9.17) is 27.9 Å². The molecule has 0 saturated carbocycles. The van der Waals surface area contributed by atoms with Gasteiger partial charge in [-0.25, -0.2) is 9.97 Å². The van der Waals surface area contributed by atoms with Crippen LogP contribution in [0.15, 0.2) is 35.7 Å². The van der Waals surface area contributed by atoms with Crippen LogP contribution in [-0.2, 0) is 6.61 Å². The van der Waals surface area contributed by atoms with Gasteiger partial charge in [0.1, 0.15) is 22.3 Å². The molecule has 6 heteroatoms. The van der Waals surface area contributed by atoms with Gasteiger partial charge in [-0.1, -0.05) is 23.2 Å². The third-order valence-electron chi connectivity index (χ3n) is 2.51. The van der Waals surface area contributed by atoms with Crippen molar-refractivity contribution in [2.75, 3.05) is 0 Å². The summed E-state index contributed by atoms with van der Waals surface area (Å²) in [6, 6.07) is 9.05. The zero-order chi connectivity index (χ0) is 13.2. The lowest BCUT2D eigenvalue weighted by Gasteiger charge is -2.05. The fourth-order valence-corrected chi connectivity index (χ4v) is 2.82. The summed E-state index contributed by atoms with van der Waals surface area (Å²) in [4.78, 5) is 9.49. The molecule has 19 heavy (non-hydrogen) atoms. The second kappa shape index (κ2) is 5.33. The molecule has 0 fully saturated rings. The highest BCUT2D eigenvalue weighted by Crippen LogP contribution is 2.25. The molecular weight excluding hydrogens is 303 g/mol. The first-order valence-corrected chi connectivity index (χ1v) is 7.14. The molecule has 2 aromatic heterocycles. The minimum Gasteiger partial charge on any atom is -0.486 e. The zero-order valence-electron chi connectivity index (χ0n) is 9.64. The SMILES string of the molecule is Clc1ccc(OCc2nc(Cl)c3ccsc3n2)cc1. The number of thiophene rings is 1. The average molecular weight is 311 g/mol. The Morgan fingerprint density at radius 1 is 1.05 bits per heavy atom. The predicted molar refractivity (Wildman–Crippen MR) is 78.2 cm³/mol. The second-order valence-corrected chi connectivity index (χ2v) is 5.50. The number of benzene rings is 1.